The van der Waals surface area contributed by atoms with Crippen molar-refractivity contribution in [1.82, 2.24) is 4.90 Å². The fraction of sp³-hybridized carbons (Fsp3) is 1.00. The third-order valence-electron chi connectivity index (χ3n) is 4.61. The first-order valence-corrected chi connectivity index (χ1v) is 5.76. The molecule has 0 aromatic rings. The summed E-state index contributed by atoms with van der Waals surface area (Å²) in [6.07, 6.45) is 2.95. The lowest BCUT2D eigenvalue weighted by Gasteiger charge is -2.45. The first-order valence-electron chi connectivity index (χ1n) is 5.76. The minimum atomic E-state index is 0.630. The molecule has 1 saturated heterocycles. The molecular weight excluding hydrogens is 158 g/mol. The molecule has 0 amide bonds. The molecule has 0 spiro atoms. The topological polar surface area (TPSA) is 3.24 Å². The van der Waals surface area contributed by atoms with Gasteiger partial charge in [-0.15, -0.1) is 0 Å². The lowest BCUT2D eigenvalue weighted by Crippen LogP contribution is -2.48. The van der Waals surface area contributed by atoms with Gasteiger partial charge in [0.1, 0.15) is 0 Å². The maximum Gasteiger partial charge on any atom is 0.00388 e. The molecule has 0 radical (unpaired) electrons. The fourth-order valence-electron chi connectivity index (χ4n) is 3.20. The summed E-state index contributed by atoms with van der Waals surface area (Å²) in [6.45, 7) is 12.3. The summed E-state index contributed by atoms with van der Waals surface area (Å²) in [5.41, 5.74) is 0.630. The minimum Gasteiger partial charge on any atom is -0.300 e. The third kappa shape index (κ3) is 1.41. The van der Waals surface area contributed by atoms with Crippen LogP contribution in [0.5, 0.6) is 0 Å². The Morgan fingerprint density at radius 2 is 1.54 bits per heavy atom. The molecule has 1 heterocycles. The van der Waals surface area contributed by atoms with Gasteiger partial charge in [-0.25, -0.2) is 0 Å². The summed E-state index contributed by atoms with van der Waals surface area (Å²) in [5.74, 6) is 1.93. The summed E-state index contributed by atoms with van der Waals surface area (Å²) in [5, 5.41) is 0. The zero-order valence-corrected chi connectivity index (χ0v) is 9.51. The van der Waals surface area contributed by atoms with E-state index in [2.05, 4.69) is 32.6 Å². The molecule has 2 fully saturated rings. The van der Waals surface area contributed by atoms with E-state index in [9.17, 15) is 0 Å². The Balaban J connectivity index is 2.11. The van der Waals surface area contributed by atoms with Gasteiger partial charge < -0.3 is 4.90 Å². The number of hydrogen-bond acceptors (Lipinski definition) is 1. The van der Waals surface area contributed by atoms with Crippen LogP contribution in [0.2, 0.25) is 0 Å². The Labute approximate surface area is 82.5 Å². The van der Waals surface area contributed by atoms with Gasteiger partial charge in [-0.05, 0) is 43.9 Å². The molecule has 2 bridgehead atoms. The molecule has 1 saturated carbocycles. The first-order chi connectivity index (χ1) is 6.01. The molecule has 0 N–H and O–H groups in total. The lowest BCUT2D eigenvalue weighted by atomic mass is 9.72. The van der Waals surface area contributed by atoms with Gasteiger partial charge in [-0.3, -0.25) is 0 Å². The first kappa shape index (κ1) is 9.51. The molecule has 76 valence electrons. The van der Waals surface area contributed by atoms with E-state index in [1.54, 1.807) is 0 Å². The third-order valence-corrected chi connectivity index (χ3v) is 4.61. The Morgan fingerprint density at radius 3 is 1.92 bits per heavy atom. The average molecular weight is 181 g/mol. The predicted molar refractivity (Wildman–Crippen MR) is 56.7 cm³/mol. The lowest BCUT2D eigenvalue weighted by molar-refractivity contribution is 0.0313. The highest BCUT2D eigenvalue weighted by atomic mass is 15.2. The van der Waals surface area contributed by atoms with Gasteiger partial charge in [0.2, 0.25) is 0 Å². The quantitative estimate of drug-likeness (QED) is 0.601. The van der Waals surface area contributed by atoms with Gasteiger partial charge in [0.05, 0.1) is 0 Å². The molecule has 13 heavy (non-hydrogen) atoms. The number of likely N-dealkylation sites (tertiary alicyclic amines) is 1. The second-order valence-electron chi connectivity index (χ2n) is 5.84. The molecule has 2 unspecified atom stereocenters. The van der Waals surface area contributed by atoms with Crippen molar-refractivity contribution >= 4 is 0 Å². The van der Waals surface area contributed by atoms with Gasteiger partial charge >= 0.3 is 0 Å². The number of nitrogens with zero attached hydrogens (tertiary/aromatic N) is 1. The van der Waals surface area contributed by atoms with Crippen molar-refractivity contribution in [3.8, 4) is 0 Å². The normalized spacial score (nSPS) is 38.5. The average Bonchev–Trinajstić information content (AvgIpc) is 2.24. The van der Waals surface area contributed by atoms with Crippen molar-refractivity contribution in [2.45, 2.75) is 46.6 Å². The van der Waals surface area contributed by atoms with Gasteiger partial charge in [0.25, 0.3) is 0 Å². The van der Waals surface area contributed by atoms with E-state index in [-0.39, 0.29) is 0 Å². The van der Waals surface area contributed by atoms with E-state index in [0.717, 1.165) is 17.9 Å². The van der Waals surface area contributed by atoms with Gasteiger partial charge in [0.15, 0.2) is 0 Å². The summed E-state index contributed by atoms with van der Waals surface area (Å²) in [7, 11) is 0. The molecule has 2 rings (SSSR count). The van der Waals surface area contributed by atoms with Crippen molar-refractivity contribution in [1.29, 1.82) is 0 Å². The van der Waals surface area contributed by atoms with Gasteiger partial charge in [-0.1, -0.05) is 13.8 Å². The zero-order chi connectivity index (χ0) is 9.64. The van der Waals surface area contributed by atoms with Crippen molar-refractivity contribution in [3.63, 3.8) is 0 Å². The van der Waals surface area contributed by atoms with Crippen molar-refractivity contribution in [2.75, 3.05) is 13.1 Å². The maximum absolute atomic E-state index is 2.67. The maximum atomic E-state index is 2.67. The van der Waals surface area contributed by atoms with Crippen LogP contribution < -0.4 is 0 Å². The Bertz CT molecular complexity index is 179. The summed E-state index contributed by atoms with van der Waals surface area (Å²) >= 11 is 0. The smallest absolute Gasteiger partial charge is 0.00388 e. The largest absolute Gasteiger partial charge is 0.300 e. The second kappa shape index (κ2) is 2.98. The van der Waals surface area contributed by atoms with Crippen LogP contribution in [0.15, 0.2) is 0 Å². The number of fused-ring (bicyclic) bond motifs is 2. The summed E-state index contributed by atoms with van der Waals surface area (Å²) in [4.78, 5) is 2.67. The number of rotatable bonds is 1. The van der Waals surface area contributed by atoms with Crippen LogP contribution in [0, 0.1) is 17.3 Å². The van der Waals surface area contributed by atoms with E-state index in [1.807, 2.05) is 0 Å². The molecule has 2 aliphatic rings. The standard InChI is InChI=1S/C12H23N/c1-9(2)13-7-10-5-6-11(8-13)12(10,3)4/h9-11H,5-8H2,1-4H3. The summed E-state index contributed by atoms with van der Waals surface area (Å²) < 4.78 is 0. The molecular formula is C12H23N. The van der Waals surface area contributed by atoms with Crippen LogP contribution in [0.25, 0.3) is 0 Å². The number of hydrogen-bond donors (Lipinski definition) is 0. The van der Waals surface area contributed by atoms with E-state index >= 15 is 0 Å². The molecule has 1 heteroatoms. The second-order valence-corrected chi connectivity index (χ2v) is 5.84. The van der Waals surface area contributed by atoms with Crippen LogP contribution in [-0.2, 0) is 0 Å². The van der Waals surface area contributed by atoms with Gasteiger partial charge in [0, 0.05) is 19.1 Å². The fourth-order valence-corrected chi connectivity index (χ4v) is 3.20. The van der Waals surface area contributed by atoms with Crippen molar-refractivity contribution < 1.29 is 0 Å². The van der Waals surface area contributed by atoms with Crippen molar-refractivity contribution in [3.05, 3.63) is 0 Å². The molecule has 2 atom stereocenters. The zero-order valence-electron chi connectivity index (χ0n) is 9.51. The highest BCUT2D eigenvalue weighted by Gasteiger charge is 2.47. The van der Waals surface area contributed by atoms with E-state index in [1.165, 1.54) is 25.9 Å². The van der Waals surface area contributed by atoms with Crippen LogP contribution in [-0.4, -0.2) is 24.0 Å². The van der Waals surface area contributed by atoms with E-state index < -0.39 is 0 Å². The molecule has 1 aliphatic carbocycles. The van der Waals surface area contributed by atoms with Crippen LogP contribution >= 0.6 is 0 Å². The van der Waals surface area contributed by atoms with E-state index in [0.29, 0.717) is 5.41 Å². The molecule has 1 aliphatic heterocycles. The van der Waals surface area contributed by atoms with Crippen molar-refractivity contribution in [2.24, 2.45) is 17.3 Å². The Morgan fingerprint density at radius 1 is 1.08 bits per heavy atom. The predicted octanol–water partition coefficient (Wildman–Crippen LogP) is 2.76. The van der Waals surface area contributed by atoms with Crippen LogP contribution in [0.3, 0.4) is 0 Å². The minimum absolute atomic E-state index is 0.630. The SMILES string of the molecule is CC(C)N1CC2CCC(C1)C2(C)C. The highest BCUT2D eigenvalue weighted by molar-refractivity contribution is 4.98. The Hall–Kier alpha value is -0.0400. The Kier molecular flexibility index (Phi) is 2.18. The molecule has 1 nitrogen and oxygen atoms in total. The summed E-state index contributed by atoms with van der Waals surface area (Å²) in [6, 6.07) is 0.749. The van der Waals surface area contributed by atoms with E-state index in [4.69, 9.17) is 0 Å². The highest BCUT2D eigenvalue weighted by Crippen LogP contribution is 2.51. The monoisotopic (exact) mass is 181 g/mol. The number of piperidine rings is 1. The molecule has 0 aromatic carbocycles. The van der Waals surface area contributed by atoms with Gasteiger partial charge in [-0.2, -0.15) is 0 Å². The van der Waals surface area contributed by atoms with Crippen LogP contribution in [0.1, 0.15) is 40.5 Å². The molecule has 0 aromatic heterocycles. The van der Waals surface area contributed by atoms with Crippen LogP contribution in [0.4, 0.5) is 0 Å².